The van der Waals surface area contributed by atoms with Gasteiger partial charge in [-0.15, -0.1) is 0 Å². The molecule has 0 bridgehead atoms. The molecule has 0 unspecified atom stereocenters. The van der Waals surface area contributed by atoms with Crippen LogP contribution in [0.2, 0.25) is 0 Å². The Morgan fingerprint density at radius 3 is 2.59 bits per heavy atom. The van der Waals surface area contributed by atoms with Crippen molar-refractivity contribution in [1.29, 1.82) is 0 Å². The van der Waals surface area contributed by atoms with E-state index < -0.39 is 6.04 Å². The zero-order valence-corrected chi connectivity index (χ0v) is 15.7. The van der Waals surface area contributed by atoms with Crippen molar-refractivity contribution in [2.24, 2.45) is 11.8 Å². The minimum Gasteiger partial charge on any atom is -0.351 e. The Bertz CT molecular complexity index is 735. The molecule has 2 N–H and O–H groups in total. The van der Waals surface area contributed by atoms with Crippen molar-refractivity contribution in [2.75, 3.05) is 6.54 Å². The molecule has 1 saturated heterocycles. The predicted octanol–water partition coefficient (Wildman–Crippen LogP) is 1.85. The van der Waals surface area contributed by atoms with E-state index >= 15 is 0 Å². The van der Waals surface area contributed by atoms with Crippen molar-refractivity contribution >= 4 is 11.8 Å². The molecular weight excluding hydrogens is 344 g/mol. The van der Waals surface area contributed by atoms with E-state index in [1.807, 2.05) is 0 Å². The van der Waals surface area contributed by atoms with E-state index in [-0.39, 0.29) is 29.1 Å². The number of aromatic nitrogens is 2. The number of hydrogen-bond donors (Lipinski definition) is 2. The van der Waals surface area contributed by atoms with Gasteiger partial charge < -0.3 is 10.2 Å². The standard InChI is InChI=1S/C20H28N4O3/c25-18-10-9-15(22-23-18)20(27)24-11-5-4-8-17(24)19(26)21-16-12-14(16)13-6-2-1-3-7-13/h9-10,13-14,16-17H,1-8,11-12H2,(H,21,26)(H,23,25)/t14-,16-,17+/m1/s1. The molecule has 3 aliphatic rings. The molecule has 0 spiro atoms. The molecule has 0 radical (unpaired) electrons. The predicted molar refractivity (Wildman–Crippen MR) is 100 cm³/mol. The van der Waals surface area contributed by atoms with Crippen LogP contribution in [0, 0.1) is 11.8 Å². The Kier molecular flexibility index (Phi) is 5.27. The highest BCUT2D eigenvalue weighted by Gasteiger charge is 2.45. The van der Waals surface area contributed by atoms with Crippen LogP contribution < -0.4 is 10.9 Å². The van der Waals surface area contributed by atoms with Gasteiger partial charge in [0.25, 0.3) is 11.5 Å². The molecule has 4 rings (SSSR count). The summed E-state index contributed by atoms with van der Waals surface area (Å²) in [6.07, 6.45) is 10.2. The summed E-state index contributed by atoms with van der Waals surface area (Å²) in [6.45, 7) is 0.550. The number of likely N-dealkylation sites (tertiary alicyclic amines) is 1. The smallest absolute Gasteiger partial charge is 0.274 e. The molecule has 3 fully saturated rings. The summed E-state index contributed by atoms with van der Waals surface area (Å²) in [6, 6.07) is 2.56. The third-order valence-corrected chi connectivity index (χ3v) is 6.39. The maximum Gasteiger partial charge on any atom is 0.274 e. The van der Waals surface area contributed by atoms with Crippen LogP contribution in [-0.4, -0.2) is 45.5 Å². The zero-order valence-electron chi connectivity index (χ0n) is 15.7. The number of piperidine rings is 1. The lowest BCUT2D eigenvalue weighted by Crippen LogP contribution is -2.52. The van der Waals surface area contributed by atoms with Crippen LogP contribution in [-0.2, 0) is 4.79 Å². The maximum absolute atomic E-state index is 12.9. The quantitative estimate of drug-likeness (QED) is 0.843. The molecule has 146 valence electrons. The molecule has 7 nitrogen and oxygen atoms in total. The average Bonchev–Trinajstić information content (AvgIpc) is 3.48. The van der Waals surface area contributed by atoms with Crippen LogP contribution in [0.1, 0.15) is 68.3 Å². The molecule has 2 amide bonds. The topological polar surface area (TPSA) is 95.2 Å². The van der Waals surface area contributed by atoms with Crippen molar-refractivity contribution in [3.05, 3.63) is 28.2 Å². The van der Waals surface area contributed by atoms with Crippen molar-refractivity contribution in [3.63, 3.8) is 0 Å². The number of aromatic amines is 1. The first-order chi connectivity index (χ1) is 13.1. The fraction of sp³-hybridized carbons (Fsp3) is 0.700. The second kappa shape index (κ2) is 7.82. The van der Waals surface area contributed by atoms with Crippen LogP contribution in [0.25, 0.3) is 0 Å². The van der Waals surface area contributed by atoms with Crippen LogP contribution in [0.4, 0.5) is 0 Å². The molecule has 7 heteroatoms. The van der Waals surface area contributed by atoms with Gasteiger partial charge >= 0.3 is 0 Å². The van der Waals surface area contributed by atoms with Gasteiger partial charge in [0, 0.05) is 18.7 Å². The molecule has 0 aromatic carbocycles. The Morgan fingerprint density at radius 2 is 1.85 bits per heavy atom. The van der Waals surface area contributed by atoms with Crippen molar-refractivity contribution in [1.82, 2.24) is 20.4 Å². The number of carbonyl (C=O) groups excluding carboxylic acids is 2. The number of amides is 2. The first-order valence-electron chi connectivity index (χ1n) is 10.3. The zero-order chi connectivity index (χ0) is 18.8. The number of carbonyl (C=O) groups is 2. The summed E-state index contributed by atoms with van der Waals surface area (Å²) in [5, 5.41) is 9.33. The van der Waals surface area contributed by atoms with Crippen LogP contribution in [0.15, 0.2) is 16.9 Å². The van der Waals surface area contributed by atoms with Crippen molar-refractivity contribution in [2.45, 2.75) is 69.9 Å². The number of hydrogen-bond acceptors (Lipinski definition) is 4. The summed E-state index contributed by atoms with van der Waals surface area (Å²) >= 11 is 0. The van der Waals surface area contributed by atoms with Gasteiger partial charge in [-0.1, -0.05) is 32.1 Å². The minimum atomic E-state index is -0.437. The summed E-state index contributed by atoms with van der Waals surface area (Å²) in [4.78, 5) is 38.5. The fourth-order valence-corrected chi connectivity index (χ4v) is 4.80. The summed E-state index contributed by atoms with van der Waals surface area (Å²) in [5.74, 6) is 1.07. The molecule has 2 heterocycles. The van der Waals surface area contributed by atoms with Gasteiger partial charge in [-0.2, -0.15) is 5.10 Å². The highest BCUT2D eigenvalue weighted by atomic mass is 16.2. The lowest BCUT2D eigenvalue weighted by atomic mass is 9.85. The number of nitrogens with zero attached hydrogens (tertiary/aromatic N) is 2. The van der Waals surface area contributed by atoms with E-state index in [4.69, 9.17) is 0 Å². The SMILES string of the molecule is O=C(N[C@@H]1C[C@@H]1C1CCCCC1)[C@@H]1CCCCN1C(=O)c1ccc(=O)[nH]n1. The van der Waals surface area contributed by atoms with Gasteiger partial charge in [0.1, 0.15) is 11.7 Å². The lowest BCUT2D eigenvalue weighted by Gasteiger charge is -2.34. The van der Waals surface area contributed by atoms with Gasteiger partial charge in [-0.05, 0) is 43.6 Å². The van der Waals surface area contributed by atoms with Crippen LogP contribution >= 0.6 is 0 Å². The van der Waals surface area contributed by atoms with Gasteiger partial charge in [-0.3, -0.25) is 14.4 Å². The second-order valence-corrected chi connectivity index (χ2v) is 8.23. The van der Waals surface area contributed by atoms with Gasteiger partial charge in [-0.25, -0.2) is 5.10 Å². The summed E-state index contributed by atoms with van der Waals surface area (Å²) in [7, 11) is 0. The van der Waals surface area contributed by atoms with Gasteiger partial charge in [0.15, 0.2) is 0 Å². The highest BCUT2D eigenvalue weighted by molar-refractivity contribution is 5.96. The Balaban J connectivity index is 1.38. The Labute approximate surface area is 158 Å². The van der Waals surface area contributed by atoms with Crippen molar-refractivity contribution in [3.8, 4) is 0 Å². The monoisotopic (exact) mass is 372 g/mol. The average molecular weight is 372 g/mol. The first-order valence-corrected chi connectivity index (χ1v) is 10.3. The third-order valence-electron chi connectivity index (χ3n) is 6.39. The molecule has 1 aromatic heterocycles. The Morgan fingerprint density at radius 1 is 1.07 bits per heavy atom. The number of nitrogens with one attached hydrogen (secondary N) is 2. The molecule has 1 aliphatic heterocycles. The third kappa shape index (κ3) is 4.06. The van der Waals surface area contributed by atoms with E-state index in [2.05, 4.69) is 15.5 Å². The van der Waals surface area contributed by atoms with Crippen LogP contribution in [0.3, 0.4) is 0 Å². The second-order valence-electron chi connectivity index (χ2n) is 8.23. The van der Waals surface area contributed by atoms with E-state index in [1.165, 1.54) is 44.2 Å². The molecule has 2 saturated carbocycles. The highest BCUT2D eigenvalue weighted by Crippen LogP contribution is 2.44. The van der Waals surface area contributed by atoms with E-state index in [0.29, 0.717) is 18.9 Å². The van der Waals surface area contributed by atoms with E-state index in [1.54, 1.807) is 4.90 Å². The molecular formula is C20H28N4O3. The van der Waals surface area contributed by atoms with E-state index in [0.717, 1.165) is 25.2 Å². The maximum atomic E-state index is 12.9. The lowest BCUT2D eigenvalue weighted by molar-refractivity contribution is -0.126. The Hall–Kier alpha value is -2.18. The number of rotatable bonds is 4. The first kappa shape index (κ1) is 18.2. The largest absolute Gasteiger partial charge is 0.351 e. The van der Waals surface area contributed by atoms with Gasteiger partial charge in [0.2, 0.25) is 5.91 Å². The minimum absolute atomic E-state index is 0.0317. The fourth-order valence-electron chi connectivity index (χ4n) is 4.80. The summed E-state index contributed by atoms with van der Waals surface area (Å²) in [5.41, 5.74) is -0.164. The van der Waals surface area contributed by atoms with E-state index in [9.17, 15) is 14.4 Å². The van der Waals surface area contributed by atoms with Gasteiger partial charge in [0.05, 0.1) is 0 Å². The molecule has 2 aliphatic carbocycles. The molecule has 1 aromatic rings. The van der Waals surface area contributed by atoms with Crippen molar-refractivity contribution < 1.29 is 9.59 Å². The number of H-pyrrole nitrogens is 1. The summed E-state index contributed by atoms with van der Waals surface area (Å²) < 4.78 is 0. The molecule has 27 heavy (non-hydrogen) atoms. The normalized spacial score (nSPS) is 28.6. The molecule has 3 atom stereocenters. The van der Waals surface area contributed by atoms with Crippen LogP contribution in [0.5, 0.6) is 0 Å².